The second-order valence-electron chi connectivity index (χ2n) is 5.24. The SMILES string of the molecule is Cc1cccc(NN=C(c2ccccc2)c2ccccc2)c1F. The lowest BCUT2D eigenvalue weighted by Crippen LogP contribution is -2.07. The number of hydrogen-bond acceptors (Lipinski definition) is 2. The van der Waals surface area contributed by atoms with Crippen molar-refractivity contribution >= 4 is 11.4 Å². The van der Waals surface area contributed by atoms with E-state index >= 15 is 0 Å². The van der Waals surface area contributed by atoms with E-state index in [1.54, 1.807) is 25.1 Å². The lowest BCUT2D eigenvalue weighted by molar-refractivity contribution is 0.621. The highest BCUT2D eigenvalue weighted by Gasteiger charge is 2.08. The maximum atomic E-state index is 14.1. The Bertz CT molecular complexity index is 770. The van der Waals surface area contributed by atoms with Gasteiger partial charge in [-0.1, -0.05) is 72.8 Å². The molecule has 0 heterocycles. The molecule has 2 nitrogen and oxygen atoms in total. The first-order valence-corrected chi connectivity index (χ1v) is 7.45. The summed E-state index contributed by atoms with van der Waals surface area (Å²) >= 11 is 0. The predicted octanol–water partition coefficient (Wildman–Crippen LogP) is 5.00. The van der Waals surface area contributed by atoms with Gasteiger partial charge in [0.1, 0.15) is 0 Å². The number of anilines is 1. The van der Waals surface area contributed by atoms with Crippen molar-refractivity contribution in [3.05, 3.63) is 101 Å². The minimum absolute atomic E-state index is 0.281. The molecule has 114 valence electrons. The van der Waals surface area contributed by atoms with Crippen LogP contribution in [0.5, 0.6) is 0 Å². The van der Waals surface area contributed by atoms with Crippen LogP contribution in [0.25, 0.3) is 0 Å². The molecule has 0 saturated carbocycles. The summed E-state index contributed by atoms with van der Waals surface area (Å²) in [5.41, 5.74) is 6.54. The van der Waals surface area contributed by atoms with Crippen LogP contribution in [0.1, 0.15) is 16.7 Å². The van der Waals surface area contributed by atoms with Crippen molar-refractivity contribution < 1.29 is 4.39 Å². The number of aryl methyl sites for hydroxylation is 1. The molecular weight excluding hydrogens is 287 g/mol. The van der Waals surface area contributed by atoms with Crippen LogP contribution in [0.2, 0.25) is 0 Å². The minimum Gasteiger partial charge on any atom is -0.275 e. The van der Waals surface area contributed by atoms with Crippen LogP contribution in [0.4, 0.5) is 10.1 Å². The van der Waals surface area contributed by atoms with Crippen LogP contribution in [0.3, 0.4) is 0 Å². The fraction of sp³-hybridized carbons (Fsp3) is 0.0500. The zero-order valence-corrected chi connectivity index (χ0v) is 12.8. The van der Waals surface area contributed by atoms with Crippen molar-refractivity contribution in [3.63, 3.8) is 0 Å². The molecule has 23 heavy (non-hydrogen) atoms. The van der Waals surface area contributed by atoms with Gasteiger partial charge in [0.2, 0.25) is 0 Å². The molecule has 0 fully saturated rings. The number of nitrogens with one attached hydrogen (secondary N) is 1. The van der Waals surface area contributed by atoms with Gasteiger partial charge in [-0.05, 0) is 18.6 Å². The summed E-state index contributed by atoms with van der Waals surface area (Å²) in [4.78, 5) is 0. The molecule has 3 aromatic rings. The Morgan fingerprint density at radius 1 is 0.783 bits per heavy atom. The summed E-state index contributed by atoms with van der Waals surface area (Å²) in [5.74, 6) is -0.281. The van der Waals surface area contributed by atoms with Gasteiger partial charge in [0.05, 0.1) is 11.4 Å². The molecule has 3 heteroatoms. The van der Waals surface area contributed by atoms with E-state index in [0.717, 1.165) is 16.8 Å². The van der Waals surface area contributed by atoms with E-state index in [2.05, 4.69) is 10.5 Å². The first-order chi connectivity index (χ1) is 11.3. The number of benzene rings is 3. The summed E-state index contributed by atoms with van der Waals surface area (Å²) in [6.45, 7) is 1.74. The molecule has 0 amide bonds. The molecule has 0 aliphatic rings. The van der Waals surface area contributed by atoms with Crippen LogP contribution in [-0.4, -0.2) is 5.71 Å². The summed E-state index contributed by atoms with van der Waals surface area (Å²) in [6, 6.07) is 24.9. The van der Waals surface area contributed by atoms with Crippen molar-refractivity contribution in [1.29, 1.82) is 0 Å². The van der Waals surface area contributed by atoms with Crippen molar-refractivity contribution in [2.24, 2.45) is 5.10 Å². The Morgan fingerprint density at radius 2 is 1.35 bits per heavy atom. The van der Waals surface area contributed by atoms with Gasteiger partial charge in [-0.25, -0.2) is 4.39 Å². The monoisotopic (exact) mass is 304 g/mol. The maximum Gasteiger partial charge on any atom is 0.151 e. The Labute approximate surface area is 135 Å². The van der Waals surface area contributed by atoms with Crippen LogP contribution >= 0.6 is 0 Å². The van der Waals surface area contributed by atoms with Crippen molar-refractivity contribution in [1.82, 2.24) is 0 Å². The minimum atomic E-state index is -0.281. The summed E-state index contributed by atoms with van der Waals surface area (Å²) in [6.07, 6.45) is 0. The maximum absolute atomic E-state index is 14.1. The second kappa shape index (κ2) is 6.88. The third kappa shape index (κ3) is 3.46. The first-order valence-electron chi connectivity index (χ1n) is 7.45. The topological polar surface area (TPSA) is 24.4 Å². The summed E-state index contributed by atoms with van der Waals surface area (Å²) in [5, 5.41) is 4.46. The summed E-state index contributed by atoms with van der Waals surface area (Å²) < 4.78 is 14.1. The number of halogens is 1. The van der Waals surface area contributed by atoms with E-state index in [1.807, 2.05) is 60.7 Å². The molecule has 0 aliphatic heterocycles. The van der Waals surface area contributed by atoms with Crippen molar-refractivity contribution in [2.45, 2.75) is 6.92 Å². The third-order valence-corrected chi connectivity index (χ3v) is 3.57. The number of hydrazone groups is 1. The van der Waals surface area contributed by atoms with Crippen molar-refractivity contribution in [3.8, 4) is 0 Å². The highest BCUT2D eigenvalue weighted by atomic mass is 19.1. The van der Waals surface area contributed by atoms with Crippen LogP contribution < -0.4 is 5.43 Å². The van der Waals surface area contributed by atoms with E-state index in [4.69, 9.17) is 0 Å². The molecule has 0 saturated heterocycles. The number of hydrogen-bond donors (Lipinski definition) is 1. The van der Waals surface area contributed by atoms with Gasteiger partial charge in [-0.3, -0.25) is 5.43 Å². The van der Waals surface area contributed by atoms with E-state index in [9.17, 15) is 4.39 Å². The zero-order chi connectivity index (χ0) is 16.1. The molecule has 0 atom stereocenters. The lowest BCUT2D eigenvalue weighted by Gasteiger charge is -2.09. The molecule has 0 aliphatic carbocycles. The molecule has 0 unspecified atom stereocenters. The standard InChI is InChI=1S/C20H17FN2/c1-15-9-8-14-18(19(15)21)22-23-20(16-10-4-2-5-11-16)17-12-6-3-7-13-17/h2-14,22H,1H3. The fourth-order valence-corrected chi connectivity index (χ4v) is 2.34. The van der Waals surface area contributed by atoms with E-state index in [-0.39, 0.29) is 5.82 Å². The Hall–Kier alpha value is -2.94. The van der Waals surface area contributed by atoms with Gasteiger partial charge < -0.3 is 0 Å². The largest absolute Gasteiger partial charge is 0.275 e. The average molecular weight is 304 g/mol. The highest BCUT2D eigenvalue weighted by molar-refractivity contribution is 6.13. The lowest BCUT2D eigenvalue weighted by atomic mass is 10.0. The quantitative estimate of drug-likeness (QED) is 0.532. The molecule has 3 rings (SSSR count). The summed E-state index contributed by atoms with van der Waals surface area (Å²) in [7, 11) is 0. The van der Waals surface area contributed by atoms with Crippen molar-refractivity contribution in [2.75, 3.05) is 5.43 Å². The first kappa shape index (κ1) is 15.0. The number of nitrogens with zero attached hydrogens (tertiary/aromatic N) is 1. The molecule has 1 N–H and O–H groups in total. The smallest absolute Gasteiger partial charge is 0.151 e. The predicted molar refractivity (Wildman–Crippen MR) is 93.3 cm³/mol. The fourth-order valence-electron chi connectivity index (χ4n) is 2.34. The van der Waals surface area contributed by atoms with Crippen LogP contribution in [0.15, 0.2) is 84.0 Å². The highest BCUT2D eigenvalue weighted by Crippen LogP contribution is 2.18. The average Bonchev–Trinajstić information content (AvgIpc) is 2.60. The van der Waals surface area contributed by atoms with Crippen LogP contribution in [-0.2, 0) is 0 Å². The van der Waals surface area contributed by atoms with Gasteiger partial charge in [0, 0.05) is 11.1 Å². The van der Waals surface area contributed by atoms with Gasteiger partial charge in [0.25, 0.3) is 0 Å². The van der Waals surface area contributed by atoms with Gasteiger partial charge in [0.15, 0.2) is 5.82 Å². The Morgan fingerprint density at radius 3 is 1.91 bits per heavy atom. The number of rotatable bonds is 4. The van der Waals surface area contributed by atoms with Gasteiger partial charge in [-0.2, -0.15) is 5.10 Å². The van der Waals surface area contributed by atoms with E-state index in [0.29, 0.717) is 11.3 Å². The third-order valence-electron chi connectivity index (χ3n) is 3.57. The van der Waals surface area contributed by atoms with Gasteiger partial charge >= 0.3 is 0 Å². The zero-order valence-electron chi connectivity index (χ0n) is 12.8. The van der Waals surface area contributed by atoms with Gasteiger partial charge in [-0.15, -0.1) is 0 Å². The molecule has 0 bridgehead atoms. The van der Waals surface area contributed by atoms with E-state index in [1.165, 1.54) is 0 Å². The molecular formula is C20H17FN2. The van der Waals surface area contributed by atoms with E-state index < -0.39 is 0 Å². The Balaban J connectivity index is 2.00. The second-order valence-corrected chi connectivity index (χ2v) is 5.24. The molecule has 0 spiro atoms. The van der Waals surface area contributed by atoms with Crippen LogP contribution in [0, 0.1) is 12.7 Å². The molecule has 0 aromatic heterocycles. The molecule has 0 radical (unpaired) electrons. The normalized spacial score (nSPS) is 10.2. The molecule has 3 aromatic carbocycles. The Kier molecular flexibility index (Phi) is 4.48.